The van der Waals surface area contributed by atoms with Gasteiger partial charge in [0.05, 0.1) is 25.0 Å². The van der Waals surface area contributed by atoms with Gasteiger partial charge < -0.3 is 24.4 Å². The molecule has 3 aliphatic heterocycles. The monoisotopic (exact) mass is 410 g/mol. The Labute approximate surface area is 177 Å². The number of nitrogens with zero attached hydrogens (tertiary/aromatic N) is 3. The first kappa shape index (κ1) is 19.6. The molecule has 5 rings (SSSR count). The molecule has 30 heavy (non-hydrogen) atoms. The summed E-state index contributed by atoms with van der Waals surface area (Å²) in [6.45, 7) is 4.79. The summed E-state index contributed by atoms with van der Waals surface area (Å²) in [5.41, 5.74) is 2.25. The zero-order chi connectivity index (χ0) is 20.2. The van der Waals surface area contributed by atoms with Gasteiger partial charge in [0.2, 0.25) is 5.95 Å². The van der Waals surface area contributed by atoms with E-state index in [1.807, 2.05) is 6.07 Å². The van der Waals surface area contributed by atoms with Crippen molar-refractivity contribution in [1.82, 2.24) is 9.97 Å². The molecule has 0 saturated carbocycles. The number of aromatic nitrogens is 2. The average molecular weight is 411 g/mol. The van der Waals surface area contributed by atoms with Crippen LogP contribution in [-0.2, 0) is 22.5 Å². The SMILES string of the molecule is c1ccc(COC2CCN(c3nc4c(c(NC5CCOCC5)n3)OCC4)CC2)cc1. The lowest BCUT2D eigenvalue weighted by molar-refractivity contribution is 0.0250. The number of ether oxygens (including phenoxy) is 3. The van der Waals surface area contributed by atoms with Gasteiger partial charge in [-0.25, -0.2) is 4.98 Å². The van der Waals surface area contributed by atoms with E-state index in [4.69, 9.17) is 24.2 Å². The predicted octanol–water partition coefficient (Wildman–Crippen LogP) is 3.19. The van der Waals surface area contributed by atoms with Crippen molar-refractivity contribution in [3.63, 3.8) is 0 Å². The molecule has 2 saturated heterocycles. The van der Waals surface area contributed by atoms with E-state index in [0.717, 1.165) is 81.6 Å². The van der Waals surface area contributed by atoms with E-state index in [0.29, 0.717) is 25.4 Å². The maximum atomic E-state index is 6.14. The molecule has 1 aromatic carbocycles. The molecule has 1 N–H and O–H groups in total. The maximum Gasteiger partial charge on any atom is 0.227 e. The van der Waals surface area contributed by atoms with Crippen LogP contribution in [0.15, 0.2) is 30.3 Å². The van der Waals surface area contributed by atoms with Crippen molar-refractivity contribution in [2.45, 2.75) is 50.9 Å². The van der Waals surface area contributed by atoms with E-state index in [2.05, 4.69) is 34.5 Å². The van der Waals surface area contributed by atoms with E-state index in [1.54, 1.807) is 0 Å². The smallest absolute Gasteiger partial charge is 0.227 e. The van der Waals surface area contributed by atoms with Crippen LogP contribution in [0.5, 0.6) is 5.75 Å². The van der Waals surface area contributed by atoms with Gasteiger partial charge in [0.25, 0.3) is 0 Å². The first-order valence-corrected chi connectivity index (χ1v) is 11.1. The largest absolute Gasteiger partial charge is 0.487 e. The third kappa shape index (κ3) is 4.52. The summed E-state index contributed by atoms with van der Waals surface area (Å²) in [5, 5.41) is 3.60. The van der Waals surface area contributed by atoms with Crippen molar-refractivity contribution in [1.29, 1.82) is 0 Å². The lowest BCUT2D eigenvalue weighted by Crippen LogP contribution is -2.38. The summed E-state index contributed by atoms with van der Waals surface area (Å²) in [7, 11) is 0. The number of hydrogen-bond acceptors (Lipinski definition) is 7. The summed E-state index contributed by atoms with van der Waals surface area (Å²) >= 11 is 0. The Bertz CT molecular complexity index is 834. The fourth-order valence-electron chi connectivity index (χ4n) is 4.34. The van der Waals surface area contributed by atoms with Crippen molar-refractivity contribution in [2.24, 2.45) is 0 Å². The van der Waals surface area contributed by atoms with Gasteiger partial charge in [-0.3, -0.25) is 0 Å². The Kier molecular flexibility index (Phi) is 5.99. The Morgan fingerprint density at radius 3 is 2.60 bits per heavy atom. The van der Waals surface area contributed by atoms with E-state index >= 15 is 0 Å². The van der Waals surface area contributed by atoms with Crippen molar-refractivity contribution in [3.05, 3.63) is 41.6 Å². The van der Waals surface area contributed by atoms with Crippen LogP contribution in [0.2, 0.25) is 0 Å². The molecule has 3 aliphatic rings. The predicted molar refractivity (Wildman–Crippen MR) is 115 cm³/mol. The van der Waals surface area contributed by atoms with E-state index < -0.39 is 0 Å². The molecule has 2 aromatic rings. The molecular formula is C23H30N4O3. The molecule has 7 nitrogen and oxygen atoms in total. The highest BCUT2D eigenvalue weighted by Gasteiger charge is 2.27. The second-order valence-electron chi connectivity index (χ2n) is 8.26. The number of rotatable bonds is 6. The third-order valence-corrected chi connectivity index (χ3v) is 6.12. The fraction of sp³-hybridized carbons (Fsp3) is 0.565. The lowest BCUT2D eigenvalue weighted by Gasteiger charge is -2.32. The Morgan fingerprint density at radius 2 is 1.80 bits per heavy atom. The highest BCUT2D eigenvalue weighted by molar-refractivity contribution is 5.58. The molecule has 0 radical (unpaired) electrons. The number of nitrogens with one attached hydrogen (secondary N) is 1. The molecule has 1 aromatic heterocycles. The van der Waals surface area contributed by atoms with Crippen LogP contribution >= 0.6 is 0 Å². The first-order valence-electron chi connectivity index (χ1n) is 11.1. The summed E-state index contributed by atoms with van der Waals surface area (Å²) in [5.74, 6) is 2.50. The van der Waals surface area contributed by atoms with Crippen molar-refractivity contribution in [3.8, 4) is 5.75 Å². The van der Waals surface area contributed by atoms with Crippen LogP contribution in [0.3, 0.4) is 0 Å². The van der Waals surface area contributed by atoms with Gasteiger partial charge in [-0.2, -0.15) is 4.98 Å². The molecule has 0 unspecified atom stereocenters. The molecule has 0 atom stereocenters. The van der Waals surface area contributed by atoms with Gasteiger partial charge in [0.15, 0.2) is 11.6 Å². The van der Waals surface area contributed by atoms with Crippen LogP contribution in [0.4, 0.5) is 11.8 Å². The Hall–Kier alpha value is -2.38. The second-order valence-corrected chi connectivity index (χ2v) is 8.26. The third-order valence-electron chi connectivity index (χ3n) is 6.12. The molecule has 0 spiro atoms. The zero-order valence-electron chi connectivity index (χ0n) is 17.4. The summed E-state index contributed by atoms with van der Waals surface area (Å²) < 4.78 is 17.5. The highest BCUT2D eigenvalue weighted by atomic mass is 16.5. The summed E-state index contributed by atoms with van der Waals surface area (Å²) in [6.07, 6.45) is 5.12. The topological polar surface area (TPSA) is 68.7 Å². The van der Waals surface area contributed by atoms with Crippen molar-refractivity contribution in [2.75, 3.05) is 43.1 Å². The first-order chi connectivity index (χ1) is 14.8. The molecule has 0 bridgehead atoms. The standard InChI is InChI=1S/C23H30N4O3/c1-2-4-17(5-3-1)16-30-19-6-11-27(12-7-19)23-25-20-10-15-29-21(20)22(26-23)24-18-8-13-28-14-9-18/h1-5,18-19H,6-16H2,(H,24,25,26). The molecular weight excluding hydrogens is 380 g/mol. The highest BCUT2D eigenvalue weighted by Crippen LogP contribution is 2.34. The van der Waals surface area contributed by atoms with Crippen LogP contribution < -0.4 is 15.0 Å². The maximum absolute atomic E-state index is 6.14. The van der Waals surface area contributed by atoms with Gasteiger partial charge in [-0.15, -0.1) is 0 Å². The quantitative estimate of drug-likeness (QED) is 0.784. The number of benzene rings is 1. The summed E-state index contributed by atoms with van der Waals surface area (Å²) in [6, 6.07) is 10.8. The van der Waals surface area contributed by atoms with Crippen LogP contribution in [0, 0.1) is 0 Å². The van der Waals surface area contributed by atoms with E-state index in [-0.39, 0.29) is 0 Å². The second kappa shape index (κ2) is 9.18. The minimum atomic E-state index is 0.291. The normalized spacial score (nSPS) is 20.1. The molecule has 2 fully saturated rings. The average Bonchev–Trinajstić information content (AvgIpc) is 3.29. The lowest BCUT2D eigenvalue weighted by atomic mass is 10.1. The van der Waals surface area contributed by atoms with Gasteiger partial charge in [-0.1, -0.05) is 30.3 Å². The Morgan fingerprint density at radius 1 is 1.00 bits per heavy atom. The van der Waals surface area contributed by atoms with Crippen LogP contribution in [0.1, 0.15) is 36.9 Å². The van der Waals surface area contributed by atoms with Crippen molar-refractivity contribution >= 4 is 11.8 Å². The van der Waals surface area contributed by atoms with Crippen molar-refractivity contribution < 1.29 is 14.2 Å². The fourth-order valence-corrected chi connectivity index (χ4v) is 4.34. The van der Waals surface area contributed by atoms with Crippen LogP contribution in [0.25, 0.3) is 0 Å². The minimum absolute atomic E-state index is 0.291. The zero-order valence-corrected chi connectivity index (χ0v) is 17.4. The van der Waals surface area contributed by atoms with E-state index in [1.165, 1.54) is 5.56 Å². The van der Waals surface area contributed by atoms with E-state index in [9.17, 15) is 0 Å². The minimum Gasteiger partial charge on any atom is -0.487 e. The number of fused-ring (bicyclic) bond motifs is 1. The van der Waals surface area contributed by atoms with Gasteiger partial charge in [0.1, 0.15) is 0 Å². The molecule has 0 amide bonds. The summed E-state index contributed by atoms with van der Waals surface area (Å²) in [4.78, 5) is 12.0. The Balaban J connectivity index is 1.22. The molecule has 4 heterocycles. The van der Waals surface area contributed by atoms with Gasteiger partial charge >= 0.3 is 0 Å². The molecule has 160 valence electrons. The molecule has 0 aliphatic carbocycles. The number of hydrogen-bond donors (Lipinski definition) is 1. The number of piperidine rings is 1. The number of anilines is 2. The van der Waals surface area contributed by atoms with Gasteiger partial charge in [0, 0.05) is 38.8 Å². The molecule has 7 heteroatoms. The van der Waals surface area contributed by atoms with Crippen LogP contribution in [-0.4, -0.2) is 55.0 Å². The van der Waals surface area contributed by atoms with Gasteiger partial charge in [-0.05, 0) is 31.2 Å².